The molecule has 2 heterocycles. The van der Waals surface area contributed by atoms with Crippen molar-refractivity contribution in [1.29, 1.82) is 0 Å². The molecule has 3 aromatic rings. The summed E-state index contributed by atoms with van der Waals surface area (Å²) in [5.74, 6) is 1.58. The van der Waals surface area contributed by atoms with Gasteiger partial charge in [-0.05, 0) is 36.9 Å². The molecule has 2 aromatic heterocycles. The summed E-state index contributed by atoms with van der Waals surface area (Å²) in [4.78, 5) is 10.2. The minimum Gasteiger partial charge on any atom is -0.357 e. The average Bonchev–Trinajstić information content (AvgIpc) is 3.33. The summed E-state index contributed by atoms with van der Waals surface area (Å²) in [6, 6.07) is 12.6. The molecule has 6 nitrogen and oxygen atoms in total. The molecule has 3 N–H and O–H groups in total. The summed E-state index contributed by atoms with van der Waals surface area (Å²) >= 11 is 1.74. The quantitative estimate of drug-likeness (QED) is 0.469. The molecule has 0 bridgehead atoms. The Balaban J connectivity index is 1.70. The lowest BCUT2D eigenvalue weighted by Crippen LogP contribution is -2.38. The van der Waals surface area contributed by atoms with E-state index in [1.807, 2.05) is 12.1 Å². The van der Waals surface area contributed by atoms with Crippen molar-refractivity contribution in [2.75, 3.05) is 6.54 Å². The molecular weight excluding hydrogens is 332 g/mol. The highest BCUT2D eigenvalue weighted by Gasteiger charge is 2.08. The summed E-state index contributed by atoms with van der Waals surface area (Å²) in [6.45, 7) is 5.62. The van der Waals surface area contributed by atoms with Crippen molar-refractivity contribution in [3.8, 4) is 11.4 Å². The average molecular weight is 354 g/mol. The van der Waals surface area contributed by atoms with E-state index in [9.17, 15) is 0 Å². The first-order chi connectivity index (χ1) is 12.3. The monoisotopic (exact) mass is 354 g/mol. The third-order valence-electron chi connectivity index (χ3n) is 3.70. The van der Waals surface area contributed by atoms with E-state index in [1.165, 1.54) is 11.2 Å². The lowest BCUT2D eigenvalue weighted by molar-refractivity contribution is 0.698. The molecule has 3 rings (SSSR count). The molecule has 0 aliphatic heterocycles. The number of benzene rings is 1. The van der Waals surface area contributed by atoms with Gasteiger partial charge in [0, 0.05) is 17.0 Å². The number of hydrogen-bond donors (Lipinski definition) is 3. The van der Waals surface area contributed by atoms with Crippen LogP contribution < -0.4 is 10.6 Å². The minimum atomic E-state index is 0.221. The Kier molecular flexibility index (Phi) is 5.79. The van der Waals surface area contributed by atoms with Crippen molar-refractivity contribution in [3.05, 3.63) is 58.5 Å². The second-order valence-electron chi connectivity index (χ2n) is 5.61. The number of guanidine groups is 1. The standard InChI is InChI=1S/C18H22N6S/c1-3-19-18(23-13(2)16-8-5-9-25-16)20-11-14-6-4-7-15(10-14)17-21-12-22-24-17/h4-10,12-13H,3,11H2,1-2H3,(H2,19,20,23)(H,21,22,24). The summed E-state index contributed by atoms with van der Waals surface area (Å²) in [5.41, 5.74) is 2.13. The molecule has 130 valence electrons. The van der Waals surface area contributed by atoms with E-state index in [0.29, 0.717) is 6.54 Å². The zero-order valence-corrected chi connectivity index (χ0v) is 15.2. The van der Waals surface area contributed by atoms with Crippen LogP contribution in [-0.2, 0) is 6.54 Å². The van der Waals surface area contributed by atoms with Crippen LogP contribution in [0.1, 0.15) is 30.3 Å². The molecule has 0 radical (unpaired) electrons. The number of rotatable bonds is 6. The Bertz CT molecular complexity index is 795. The number of aromatic nitrogens is 3. The van der Waals surface area contributed by atoms with Crippen molar-refractivity contribution < 1.29 is 0 Å². The van der Waals surface area contributed by atoms with Gasteiger partial charge in [-0.15, -0.1) is 11.3 Å². The molecular formula is C18H22N6S. The fourth-order valence-corrected chi connectivity index (χ4v) is 3.20. The van der Waals surface area contributed by atoms with Gasteiger partial charge in [0.2, 0.25) is 0 Å². The predicted molar refractivity (Wildman–Crippen MR) is 103 cm³/mol. The maximum atomic E-state index is 4.71. The number of H-pyrrole nitrogens is 1. The first kappa shape index (κ1) is 17.2. The van der Waals surface area contributed by atoms with E-state index in [-0.39, 0.29) is 6.04 Å². The van der Waals surface area contributed by atoms with Gasteiger partial charge in [-0.1, -0.05) is 24.3 Å². The van der Waals surface area contributed by atoms with Crippen LogP contribution in [0.2, 0.25) is 0 Å². The third kappa shape index (κ3) is 4.67. The molecule has 1 atom stereocenters. The SMILES string of the molecule is CCNC(=NCc1cccc(-c2ncn[nH]2)c1)NC(C)c1cccs1. The summed E-state index contributed by atoms with van der Waals surface area (Å²) in [5, 5.41) is 15.6. The van der Waals surface area contributed by atoms with Gasteiger partial charge in [-0.25, -0.2) is 9.98 Å². The Morgan fingerprint density at radius 3 is 2.96 bits per heavy atom. The maximum Gasteiger partial charge on any atom is 0.192 e. The smallest absolute Gasteiger partial charge is 0.192 e. The van der Waals surface area contributed by atoms with E-state index < -0.39 is 0 Å². The molecule has 0 aliphatic carbocycles. The van der Waals surface area contributed by atoms with Gasteiger partial charge >= 0.3 is 0 Å². The van der Waals surface area contributed by atoms with Crippen LogP contribution in [0.25, 0.3) is 11.4 Å². The van der Waals surface area contributed by atoms with Crippen LogP contribution in [0.15, 0.2) is 53.1 Å². The van der Waals surface area contributed by atoms with Crippen LogP contribution in [0, 0.1) is 0 Å². The van der Waals surface area contributed by atoms with Crippen molar-refractivity contribution in [2.24, 2.45) is 4.99 Å². The number of thiophene rings is 1. The molecule has 0 saturated carbocycles. The number of hydrogen-bond acceptors (Lipinski definition) is 4. The first-order valence-corrected chi connectivity index (χ1v) is 9.17. The zero-order valence-electron chi connectivity index (χ0n) is 14.4. The zero-order chi connectivity index (χ0) is 17.5. The molecule has 0 amide bonds. The number of aromatic amines is 1. The Labute approximate surface area is 151 Å². The van der Waals surface area contributed by atoms with Gasteiger partial charge in [0.05, 0.1) is 12.6 Å². The van der Waals surface area contributed by atoms with Gasteiger partial charge in [0.25, 0.3) is 0 Å². The van der Waals surface area contributed by atoms with Crippen molar-refractivity contribution in [3.63, 3.8) is 0 Å². The van der Waals surface area contributed by atoms with Gasteiger partial charge in [0.15, 0.2) is 11.8 Å². The van der Waals surface area contributed by atoms with Gasteiger partial charge in [-0.2, -0.15) is 5.10 Å². The normalized spacial score (nSPS) is 12.8. The van der Waals surface area contributed by atoms with Crippen LogP contribution in [0.3, 0.4) is 0 Å². The summed E-state index contributed by atoms with van der Waals surface area (Å²) in [7, 11) is 0. The van der Waals surface area contributed by atoms with Crippen LogP contribution in [-0.4, -0.2) is 27.7 Å². The fourth-order valence-electron chi connectivity index (χ4n) is 2.47. The molecule has 7 heteroatoms. The topological polar surface area (TPSA) is 78.0 Å². The molecule has 0 aliphatic rings. The van der Waals surface area contributed by atoms with Crippen LogP contribution >= 0.6 is 11.3 Å². The molecule has 0 spiro atoms. The fraction of sp³-hybridized carbons (Fsp3) is 0.278. The highest BCUT2D eigenvalue weighted by atomic mass is 32.1. The highest BCUT2D eigenvalue weighted by molar-refractivity contribution is 7.10. The molecule has 25 heavy (non-hydrogen) atoms. The highest BCUT2D eigenvalue weighted by Crippen LogP contribution is 2.18. The van der Waals surface area contributed by atoms with Crippen LogP contribution in [0.4, 0.5) is 0 Å². The van der Waals surface area contributed by atoms with Gasteiger partial charge in [0.1, 0.15) is 6.33 Å². The van der Waals surface area contributed by atoms with E-state index in [4.69, 9.17) is 4.99 Å². The second-order valence-corrected chi connectivity index (χ2v) is 6.59. The van der Waals surface area contributed by atoms with E-state index in [0.717, 1.165) is 29.5 Å². The van der Waals surface area contributed by atoms with Crippen molar-refractivity contribution >= 4 is 17.3 Å². The Morgan fingerprint density at radius 1 is 1.32 bits per heavy atom. The first-order valence-electron chi connectivity index (χ1n) is 8.29. The van der Waals surface area contributed by atoms with Crippen LogP contribution in [0.5, 0.6) is 0 Å². The number of aliphatic imine (C=N–C) groups is 1. The van der Waals surface area contributed by atoms with E-state index in [1.54, 1.807) is 11.3 Å². The van der Waals surface area contributed by atoms with E-state index >= 15 is 0 Å². The summed E-state index contributed by atoms with van der Waals surface area (Å²) in [6.07, 6.45) is 1.51. The number of nitrogens with one attached hydrogen (secondary N) is 3. The van der Waals surface area contributed by atoms with Gasteiger partial charge in [-0.3, -0.25) is 5.10 Å². The lowest BCUT2D eigenvalue weighted by Gasteiger charge is -2.16. The van der Waals surface area contributed by atoms with Gasteiger partial charge < -0.3 is 10.6 Å². The predicted octanol–water partition coefficient (Wildman–Crippen LogP) is 3.35. The maximum absolute atomic E-state index is 4.71. The molecule has 1 unspecified atom stereocenters. The second kappa shape index (κ2) is 8.43. The molecule has 1 aromatic carbocycles. The van der Waals surface area contributed by atoms with E-state index in [2.05, 4.69) is 69.3 Å². The Morgan fingerprint density at radius 2 is 2.24 bits per heavy atom. The largest absolute Gasteiger partial charge is 0.357 e. The molecule has 0 fully saturated rings. The summed E-state index contributed by atoms with van der Waals surface area (Å²) < 4.78 is 0. The third-order valence-corrected chi connectivity index (χ3v) is 4.76. The lowest BCUT2D eigenvalue weighted by atomic mass is 10.1. The van der Waals surface area contributed by atoms with Crippen molar-refractivity contribution in [2.45, 2.75) is 26.4 Å². The molecule has 0 saturated heterocycles. The minimum absolute atomic E-state index is 0.221. The van der Waals surface area contributed by atoms with Crippen molar-refractivity contribution in [1.82, 2.24) is 25.8 Å². The number of nitrogens with zero attached hydrogens (tertiary/aromatic N) is 3. The Hall–Kier alpha value is -2.67.